The molecule has 1 saturated heterocycles. The lowest BCUT2D eigenvalue weighted by molar-refractivity contribution is 0.0660. The van der Waals surface area contributed by atoms with Gasteiger partial charge < -0.3 is 4.90 Å². The Kier molecular flexibility index (Phi) is 4.15. The number of hydrogen-bond donors (Lipinski definition) is 0. The van der Waals surface area contributed by atoms with Crippen LogP contribution in [0.2, 0.25) is 0 Å². The first-order chi connectivity index (χ1) is 9.04. The first-order valence-corrected chi connectivity index (χ1v) is 6.69. The van der Waals surface area contributed by atoms with Crippen molar-refractivity contribution in [3.05, 3.63) is 33.8 Å². The topological polar surface area (TPSA) is 44.1 Å². The number of hydrogen-bond acceptors (Lipinski definition) is 2. The van der Waals surface area contributed by atoms with Crippen molar-refractivity contribution in [1.29, 1.82) is 5.26 Å². The Labute approximate surface area is 117 Å². The molecule has 1 aromatic carbocycles. The Bertz CT molecular complexity index is 533. The van der Waals surface area contributed by atoms with E-state index < -0.39 is 29.1 Å². The van der Waals surface area contributed by atoms with Crippen LogP contribution < -0.4 is 0 Å². The van der Waals surface area contributed by atoms with E-state index in [2.05, 4.69) is 15.9 Å². The normalized spacial score (nSPS) is 19.1. The van der Waals surface area contributed by atoms with Gasteiger partial charge in [0.05, 0.1) is 6.07 Å². The summed E-state index contributed by atoms with van der Waals surface area (Å²) in [7, 11) is 0. The fraction of sp³-hybridized carbons (Fsp3) is 0.385. The summed E-state index contributed by atoms with van der Waals surface area (Å²) in [5.41, 5.74) is -0.592. The lowest BCUT2D eigenvalue weighted by Crippen LogP contribution is -2.43. The van der Waals surface area contributed by atoms with Gasteiger partial charge in [0.1, 0.15) is 23.2 Å². The molecule has 1 unspecified atom stereocenters. The molecule has 0 aliphatic carbocycles. The maximum Gasteiger partial charge on any atom is 0.260 e. The van der Waals surface area contributed by atoms with Crippen molar-refractivity contribution >= 4 is 21.8 Å². The van der Waals surface area contributed by atoms with Gasteiger partial charge >= 0.3 is 0 Å². The summed E-state index contributed by atoms with van der Waals surface area (Å²) in [6.45, 7) is 0.353. The third-order valence-electron chi connectivity index (χ3n) is 3.13. The molecule has 19 heavy (non-hydrogen) atoms. The van der Waals surface area contributed by atoms with Gasteiger partial charge in [0.15, 0.2) is 0 Å². The lowest BCUT2D eigenvalue weighted by Gasteiger charge is -2.31. The number of carbonyl (C=O) groups is 1. The minimum absolute atomic E-state index is 0.231. The van der Waals surface area contributed by atoms with Crippen LogP contribution in [0, 0.1) is 23.0 Å². The van der Waals surface area contributed by atoms with Gasteiger partial charge in [-0.3, -0.25) is 4.79 Å². The molecule has 1 aliphatic rings. The molecule has 1 aliphatic heterocycles. The Morgan fingerprint density at radius 2 is 2.00 bits per heavy atom. The van der Waals surface area contributed by atoms with Crippen molar-refractivity contribution in [2.75, 3.05) is 6.54 Å². The third-order valence-corrected chi connectivity index (χ3v) is 3.59. The van der Waals surface area contributed by atoms with Crippen molar-refractivity contribution in [3.8, 4) is 6.07 Å². The minimum atomic E-state index is -0.917. The molecule has 6 heteroatoms. The quantitative estimate of drug-likeness (QED) is 0.794. The zero-order valence-corrected chi connectivity index (χ0v) is 11.6. The van der Waals surface area contributed by atoms with Crippen LogP contribution in [0.3, 0.4) is 0 Å². The molecule has 1 fully saturated rings. The van der Waals surface area contributed by atoms with Gasteiger partial charge in [0.25, 0.3) is 5.91 Å². The second-order valence-electron chi connectivity index (χ2n) is 4.38. The van der Waals surface area contributed by atoms with Crippen LogP contribution >= 0.6 is 15.9 Å². The first kappa shape index (κ1) is 13.9. The molecule has 3 nitrogen and oxygen atoms in total. The minimum Gasteiger partial charge on any atom is -0.322 e. The largest absolute Gasteiger partial charge is 0.322 e. The summed E-state index contributed by atoms with van der Waals surface area (Å²) in [6.07, 6.45) is 2.12. The summed E-state index contributed by atoms with van der Waals surface area (Å²) < 4.78 is 27.7. The highest BCUT2D eigenvalue weighted by Crippen LogP contribution is 2.24. The van der Waals surface area contributed by atoms with E-state index in [9.17, 15) is 13.6 Å². The average Bonchev–Trinajstić information content (AvgIpc) is 2.37. The maximum absolute atomic E-state index is 13.7. The molecule has 0 N–H and O–H groups in total. The van der Waals surface area contributed by atoms with Crippen molar-refractivity contribution in [1.82, 2.24) is 4.90 Å². The van der Waals surface area contributed by atoms with Gasteiger partial charge in [0, 0.05) is 11.0 Å². The number of halogens is 3. The summed E-state index contributed by atoms with van der Waals surface area (Å²) in [5, 5.41) is 9.00. The smallest absolute Gasteiger partial charge is 0.260 e. The molecular weight excluding hydrogens is 318 g/mol. The summed E-state index contributed by atoms with van der Waals surface area (Å²) in [6, 6.07) is 3.48. The molecule has 0 saturated carbocycles. The van der Waals surface area contributed by atoms with Gasteiger partial charge in [-0.05, 0) is 31.4 Å². The van der Waals surface area contributed by atoms with Crippen LogP contribution in [0.25, 0.3) is 0 Å². The Morgan fingerprint density at radius 1 is 1.37 bits per heavy atom. The third kappa shape index (κ3) is 2.76. The molecular formula is C13H11BrF2N2O. The predicted molar refractivity (Wildman–Crippen MR) is 68.3 cm³/mol. The molecule has 1 amide bonds. The number of nitrogens with zero attached hydrogens (tertiary/aromatic N) is 2. The maximum atomic E-state index is 13.7. The van der Waals surface area contributed by atoms with Crippen LogP contribution in [0.1, 0.15) is 29.6 Å². The van der Waals surface area contributed by atoms with E-state index in [1.807, 2.05) is 6.07 Å². The molecule has 2 rings (SSSR count). The second-order valence-corrected chi connectivity index (χ2v) is 5.30. The molecule has 1 aromatic rings. The number of benzene rings is 1. The Balaban J connectivity index is 2.36. The first-order valence-electron chi connectivity index (χ1n) is 5.89. The summed E-state index contributed by atoms with van der Waals surface area (Å²) in [5.74, 6) is -2.59. The van der Waals surface area contributed by atoms with Crippen molar-refractivity contribution in [2.24, 2.45) is 0 Å². The van der Waals surface area contributed by atoms with Crippen molar-refractivity contribution in [2.45, 2.75) is 25.3 Å². The van der Waals surface area contributed by atoms with E-state index >= 15 is 0 Å². The standard InChI is InChI=1S/C13H11BrF2N2O/c14-8-5-10(15)12(11(16)6-8)13(19)18-4-2-1-3-9(18)7-17/h5-6,9H,1-4H2. The number of nitriles is 1. The summed E-state index contributed by atoms with van der Waals surface area (Å²) >= 11 is 2.96. The van der Waals surface area contributed by atoms with Gasteiger partial charge in [-0.25, -0.2) is 8.78 Å². The molecule has 1 atom stereocenters. The number of amides is 1. The lowest BCUT2D eigenvalue weighted by atomic mass is 10.0. The molecule has 0 aromatic heterocycles. The highest BCUT2D eigenvalue weighted by molar-refractivity contribution is 9.10. The Morgan fingerprint density at radius 3 is 2.58 bits per heavy atom. The van der Waals surface area contributed by atoms with Crippen molar-refractivity contribution < 1.29 is 13.6 Å². The highest BCUT2D eigenvalue weighted by atomic mass is 79.9. The van der Waals surface area contributed by atoms with Crippen LogP contribution in [0.15, 0.2) is 16.6 Å². The van der Waals surface area contributed by atoms with E-state index in [0.29, 0.717) is 13.0 Å². The van der Waals surface area contributed by atoms with Crippen molar-refractivity contribution in [3.63, 3.8) is 0 Å². The molecule has 100 valence electrons. The zero-order chi connectivity index (χ0) is 14.0. The van der Waals surface area contributed by atoms with E-state index in [4.69, 9.17) is 5.26 Å². The number of rotatable bonds is 1. The average molecular weight is 329 g/mol. The predicted octanol–water partition coefficient (Wildman–Crippen LogP) is 3.25. The van der Waals surface area contributed by atoms with Gasteiger partial charge in [-0.1, -0.05) is 15.9 Å². The second kappa shape index (κ2) is 5.66. The van der Waals surface area contributed by atoms with E-state index in [0.717, 1.165) is 25.0 Å². The molecule has 0 radical (unpaired) electrons. The Hall–Kier alpha value is -1.48. The number of piperidine rings is 1. The molecule has 0 bridgehead atoms. The fourth-order valence-electron chi connectivity index (χ4n) is 2.20. The monoisotopic (exact) mass is 328 g/mol. The SMILES string of the molecule is N#CC1CCCCN1C(=O)c1c(F)cc(Br)cc1F. The number of carbonyl (C=O) groups excluding carboxylic acids is 1. The fourth-order valence-corrected chi connectivity index (χ4v) is 2.60. The molecule has 0 spiro atoms. The van der Waals surface area contributed by atoms with E-state index in [-0.39, 0.29) is 4.47 Å². The van der Waals surface area contributed by atoms with Crippen LogP contribution in [-0.2, 0) is 0 Å². The van der Waals surface area contributed by atoms with Crippen LogP contribution in [0.5, 0.6) is 0 Å². The van der Waals surface area contributed by atoms with Crippen LogP contribution in [-0.4, -0.2) is 23.4 Å². The van der Waals surface area contributed by atoms with E-state index in [1.165, 1.54) is 4.90 Å². The van der Waals surface area contributed by atoms with Gasteiger partial charge in [0.2, 0.25) is 0 Å². The van der Waals surface area contributed by atoms with Crippen LogP contribution in [0.4, 0.5) is 8.78 Å². The molecule has 1 heterocycles. The number of likely N-dealkylation sites (tertiary alicyclic amines) is 1. The van der Waals surface area contributed by atoms with E-state index in [1.54, 1.807) is 0 Å². The van der Waals surface area contributed by atoms with Gasteiger partial charge in [-0.15, -0.1) is 0 Å². The summed E-state index contributed by atoms with van der Waals surface area (Å²) in [4.78, 5) is 13.5. The van der Waals surface area contributed by atoms with Gasteiger partial charge in [-0.2, -0.15) is 5.26 Å². The highest BCUT2D eigenvalue weighted by Gasteiger charge is 2.30. The zero-order valence-electron chi connectivity index (χ0n) is 10.00.